The van der Waals surface area contributed by atoms with E-state index < -0.39 is 11.8 Å². The van der Waals surface area contributed by atoms with Crippen LogP contribution in [0.4, 0.5) is 11.4 Å². The number of phenols is 1. The molecule has 5 nitrogen and oxygen atoms in total. The maximum Gasteiger partial charge on any atom is 0.336 e. The van der Waals surface area contributed by atoms with Gasteiger partial charge >= 0.3 is 5.97 Å². The van der Waals surface area contributed by atoms with E-state index in [-0.39, 0.29) is 22.4 Å². The summed E-state index contributed by atoms with van der Waals surface area (Å²) in [7, 11) is 0. The molecule has 0 heterocycles. The molecular weight excluding hydrogens is 354 g/mol. The molecule has 0 unspecified atom stereocenters. The molecule has 0 aliphatic carbocycles. The van der Waals surface area contributed by atoms with E-state index in [0.29, 0.717) is 6.54 Å². The highest BCUT2D eigenvalue weighted by Crippen LogP contribution is 2.31. The molecular formula is C23H21NO4. The number of aromatic hydroxyl groups is 1. The van der Waals surface area contributed by atoms with Crippen molar-refractivity contribution in [3.05, 3.63) is 89.0 Å². The Morgan fingerprint density at radius 2 is 1.54 bits per heavy atom. The molecule has 28 heavy (non-hydrogen) atoms. The molecule has 0 amide bonds. The zero-order valence-corrected chi connectivity index (χ0v) is 15.7. The fourth-order valence-electron chi connectivity index (χ4n) is 3.20. The van der Waals surface area contributed by atoms with E-state index in [0.717, 1.165) is 16.9 Å². The second-order valence-corrected chi connectivity index (χ2v) is 6.46. The molecule has 3 aromatic rings. The maximum absolute atomic E-state index is 12.8. The lowest BCUT2D eigenvalue weighted by molar-refractivity contribution is 0.0692. The number of anilines is 2. The number of carbonyl (C=O) groups excluding carboxylic acids is 1. The second kappa shape index (κ2) is 7.96. The Morgan fingerprint density at radius 3 is 2.14 bits per heavy atom. The quantitative estimate of drug-likeness (QED) is 0.606. The van der Waals surface area contributed by atoms with Crippen LogP contribution < -0.4 is 4.90 Å². The van der Waals surface area contributed by atoms with Crippen LogP contribution in [0.3, 0.4) is 0 Å². The van der Waals surface area contributed by atoms with Crippen molar-refractivity contribution < 1.29 is 19.8 Å². The van der Waals surface area contributed by atoms with Crippen molar-refractivity contribution in [2.75, 3.05) is 11.4 Å². The smallest absolute Gasteiger partial charge is 0.336 e. The van der Waals surface area contributed by atoms with Gasteiger partial charge in [0.15, 0.2) is 5.78 Å². The first-order valence-corrected chi connectivity index (χ1v) is 8.96. The highest BCUT2D eigenvalue weighted by molar-refractivity contribution is 6.15. The molecule has 0 saturated heterocycles. The number of hydrogen-bond acceptors (Lipinski definition) is 4. The van der Waals surface area contributed by atoms with E-state index in [1.54, 1.807) is 18.2 Å². The van der Waals surface area contributed by atoms with Gasteiger partial charge in [0.1, 0.15) is 5.75 Å². The summed E-state index contributed by atoms with van der Waals surface area (Å²) in [5.41, 5.74) is 2.87. The number of nitrogens with zero attached hydrogens (tertiary/aromatic N) is 1. The summed E-state index contributed by atoms with van der Waals surface area (Å²) in [6.45, 7) is 4.69. The molecule has 2 N–H and O–H groups in total. The average molecular weight is 375 g/mol. The molecule has 3 aromatic carbocycles. The van der Waals surface area contributed by atoms with E-state index in [4.69, 9.17) is 0 Å². The molecule has 0 aliphatic heterocycles. The van der Waals surface area contributed by atoms with Gasteiger partial charge in [-0.05, 0) is 49.7 Å². The number of ketones is 1. The summed E-state index contributed by atoms with van der Waals surface area (Å²) < 4.78 is 0. The van der Waals surface area contributed by atoms with Crippen molar-refractivity contribution in [2.24, 2.45) is 0 Å². The Morgan fingerprint density at radius 1 is 0.857 bits per heavy atom. The zero-order valence-electron chi connectivity index (χ0n) is 15.7. The summed E-state index contributed by atoms with van der Waals surface area (Å²) in [5.74, 6) is -1.90. The van der Waals surface area contributed by atoms with Crippen LogP contribution in [0.15, 0.2) is 66.7 Å². The molecule has 0 spiro atoms. The van der Waals surface area contributed by atoms with E-state index in [1.807, 2.05) is 43.0 Å². The van der Waals surface area contributed by atoms with Crippen molar-refractivity contribution in [1.82, 2.24) is 0 Å². The zero-order chi connectivity index (χ0) is 20.3. The highest BCUT2D eigenvalue weighted by atomic mass is 16.4. The lowest BCUT2D eigenvalue weighted by atomic mass is 9.97. The maximum atomic E-state index is 12.8. The van der Waals surface area contributed by atoms with Gasteiger partial charge in [-0.1, -0.05) is 30.3 Å². The van der Waals surface area contributed by atoms with Crippen LogP contribution in [0, 0.1) is 6.92 Å². The number of phenolic OH excluding ortho intramolecular Hbond substituents is 1. The fourth-order valence-corrected chi connectivity index (χ4v) is 3.20. The van der Waals surface area contributed by atoms with Gasteiger partial charge in [-0.25, -0.2) is 4.79 Å². The van der Waals surface area contributed by atoms with Crippen LogP contribution in [-0.2, 0) is 0 Å². The molecule has 0 radical (unpaired) electrons. The minimum atomic E-state index is -1.18. The van der Waals surface area contributed by atoms with Crippen LogP contribution in [0.2, 0.25) is 0 Å². The van der Waals surface area contributed by atoms with Crippen LogP contribution >= 0.6 is 0 Å². The van der Waals surface area contributed by atoms with Gasteiger partial charge in [-0.15, -0.1) is 0 Å². The Kier molecular flexibility index (Phi) is 5.45. The average Bonchev–Trinajstić information content (AvgIpc) is 2.68. The van der Waals surface area contributed by atoms with Gasteiger partial charge in [-0.3, -0.25) is 4.79 Å². The lowest BCUT2D eigenvalue weighted by Gasteiger charge is -2.24. The van der Waals surface area contributed by atoms with Gasteiger partial charge in [0.2, 0.25) is 0 Å². The third-order valence-electron chi connectivity index (χ3n) is 4.57. The number of rotatable bonds is 6. The summed E-state index contributed by atoms with van der Waals surface area (Å²) in [6, 6.07) is 18.8. The number of carboxylic acid groups (broad SMARTS) is 1. The normalized spacial score (nSPS) is 10.5. The Hall–Kier alpha value is -3.60. The topological polar surface area (TPSA) is 77.8 Å². The van der Waals surface area contributed by atoms with E-state index in [9.17, 15) is 19.8 Å². The van der Waals surface area contributed by atoms with Crippen LogP contribution in [0.25, 0.3) is 0 Å². The highest BCUT2D eigenvalue weighted by Gasteiger charge is 2.21. The molecule has 3 rings (SSSR count). The first-order valence-electron chi connectivity index (χ1n) is 8.96. The van der Waals surface area contributed by atoms with Gasteiger partial charge in [0.05, 0.1) is 11.1 Å². The van der Waals surface area contributed by atoms with Gasteiger partial charge in [-0.2, -0.15) is 0 Å². The van der Waals surface area contributed by atoms with Crippen LogP contribution in [0.5, 0.6) is 5.75 Å². The number of benzene rings is 3. The molecule has 0 fully saturated rings. The molecule has 0 bridgehead atoms. The number of aryl methyl sites for hydroxylation is 1. The van der Waals surface area contributed by atoms with Gasteiger partial charge < -0.3 is 15.1 Å². The number of hydrogen-bond donors (Lipinski definition) is 2. The first kappa shape index (κ1) is 19.2. The predicted octanol–water partition coefficient (Wildman–Crippen LogP) is 4.79. The molecule has 5 heteroatoms. The van der Waals surface area contributed by atoms with Crippen molar-refractivity contribution in [3.8, 4) is 5.75 Å². The van der Waals surface area contributed by atoms with E-state index in [1.165, 1.54) is 24.3 Å². The largest absolute Gasteiger partial charge is 0.507 e. The summed E-state index contributed by atoms with van der Waals surface area (Å²) in [4.78, 5) is 26.2. The standard InChI is InChI=1S/C23H21NO4/c1-3-24(16-8-6-7-15(2)13-16)17-11-12-20(21(25)14-17)22(26)18-9-4-5-10-19(18)23(27)28/h4-14,25H,3H2,1-2H3,(H,27,28). The van der Waals surface area contributed by atoms with Gasteiger partial charge in [0, 0.05) is 29.5 Å². The first-order chi connectivity index (χ1) is 13.4. The Bertz CT molecular complexity index is 1040. The summed E-state index contributed by atoms with van der Waals surface area (Å²) in [6.07, 6.45) is 0. The van der Waals surface area contributed by atoms with Crippen LogP contribution in [-0.4, -0.2) is 28.5 Å². The van der Waals surface area contributed by atoms with Crippen molar-refractivity contribution in [3.63, 3.8) is 0 Å². The monoisotopic (exact) mass is 375 g/mol. The third-order valence-corrected chi connectivity index (χ3v) is 4.57. The van der Waals surface area contributed by atoms with E-state index in [2.05, 4.69) is 0 Å². The molecule has 0 aromatic heterocycles. The Labute approximate surface area is 163 Å². The van der Waals surface area contributed by atoms with Crippen molar-refractivity contribution in [1.29, 1.82) is 0 Å². The van der Waals surface area contributed by atoms with Crippen molar-refractivity contribution in [2.45, 2.75) is 13.8 Å². The molecule has 0 aliphatic rings. The van der Waals surface area contributed by atoms with Gasteiger partial charge in [0.25, 0.3) is 0 Å². The minimum Gasteiger partial charge on any atom is -0.507 e. The number of carboxylic acids is 1. The third kappa shape index (κ3) is 3.74. The molecule has 0 saturated carbocycles. The SMILES string of the molecule is CCN(c1cccc(C)c1)c1ccc(C(=O)c2ccccc2C(=O)O)c(O)c1. The number of aromatic carboxylic acids is 1. The van der Waals surface area contributed by atoms with E-state index >= 15 is 0 Å². The van der Waals surface area contributed by atoms with Crippen molar-refractivity contribution >= 4 is 23.1 Å². The Balaban J connectivity index is 1.99. The molecule has 0 atom stereocenters. The lowest BCUT2D eigenvalue weighted by Crippen LogP contribution is -2.16. The molecule has 142 valence electrons. The number of carbonyl (C=O) groups is 2. The summed E-state index contributed by atoms with van der Waals surface area (Å²) >= 11 is 0. The van der Waals surface area contributed by atoms with Crippen LogP contribution in [0.1, 0.15) is 38.8 Å². The summed E-state index contributed by atoms with van der Waals surface area (Å²) in [5, 5.41) is 19.8. The fraction of sp³-hybridized carbons (Fsp3) is 0.130. The minimum absolute atomic E-state index is 0.0454. The predicted molar refractivity (Wildman–Crippen MR) is 109 cm³/mol. The second-order valence-electron chi connectivity index (χ2n) is 6.46.